The van der Waals surface area contributed by atoms with Crippen molar-refractivity contribution >= 4 is 28.7 Å². The van der Waals surface area contributed by atoms with Crippen LogP contribution >= 0.6 is 11.9 Å². The van der Waals surface area contributed by atoms with Crippen molar-refractivity contribution in [3.63, 3.8) is 0 Å². The Morgan fingerprint density at radius 2 is 2.04 bits per heavy atom. The Morgan fingerprint density at radius 1 is 1.27 bits per heavy atom. The number of aryl methyl sites for hydroxylation is 3. The predicted octanol–water partition coefficient (Wildman–Crippen LogP) is 4.20. The summed E-state index contributed by atoms with van der Waals surface area (Å²) < 4.78 is 7.31. The minimum Gasteiger partial charge on any atom is -0.331 e. The van der Waals surface area contributed by atoms with E-state index in [9.17, 15) is 4.79 Å². The molecule has 0 bridgehead atoms. The van der Waals surface area contributed by atoms with Crippen molar-refractivity contribution in [2.45, 2.75) is 32.6 Å². The molecule has 0 amide bonds. The molecule has 1 N–H and O–H groups in total. The number of hydrogen-bond acceptors (Lipinski definition) is 4. The van der Waals surface area contributed by atoms with Gasteiger partial charge in [-0.05, 0) is 38.0 Å². The number of hydrogen-bond donors (Lipinski definition) is 1. The third kappa shape index (κ3) is 2.92. The lowest BCUT2D eigenvalue weighted by Gasteiger charge is -2.11. The van der Waals surface area contributed by atoms with Gasteiger partial charge < -0.3 is 13.9 Å². The van der Waals surface area contributed by atoms with E-state index in [2.05, 4.69) is 35.4 Å². The normalized spacial score (nSPS) is 14.2. The molecule has 3 aromatic rings. The van der Waals surface area contributed by atoms with Crippen LogP contribution in [0.5, 0.6) is 0 Å². The minimum absolute atomic E-state index is 0.0421. The number of imidazole rings is 1. The van der Waals surface area contributed by atoms with Gasteiger partial charge >= 0.3 is 0 Å². The summed E-state index contributed by atoms with van der Waals surface area (Å²) in [5.41, 5.74) is 6.10. The Hall–Kier alpha value is -2.21. The number of pyridine rings is 1. The number of anilines is 1. The van der Waals surface area contributed by atoms with Gasteiger partial charge in [0.1, 0.15) is 5.82 Å². The van der Waals surface area contributed by atoms with Gasteiger partial charge in [0.25, 0.3) is 5.56 Å². The smallest absolute Gasteiger partial charge is 0.253 e. The molecule has 26 heavy (non-hydrogen) atoms. The van der Waals surface area contributed by atoms with Crippen LogP contribution in [0.4, 0.5) is 5.69 Å². The molecule has 0 radical (unpaired) electrons. The van der Waals surface area contributed by atoms with Crippen molar-refractivity contribution < 1.29 is 0 Å². The fraction of sp³-hybridized carbons (Fsp3) is 0.400. The van der Waals surface area contributed by atoms with Gasteiger partial charge in [-0.2, -0.15) is 0 Å². The summed E-state index contributed by atoms with van der Waals surface area (Å²) >= 11 is 1.68. The van der Waals surface area contributed by atoms with Crippen molar-refractivity contribution in [1.29, 1.82) is 0 Å². The van der Waals surface area contributed by atoms with E-state index in [0.717, 1.165) is 39.2 Å². The van der Waals surface area contributed by atoms with Crippen molar-refractivity contribution in [3.8, 4) is 11.1 Å². The SMILES string of the molecule is CCSNc1cc(-c2cc(C)c(=O)n(C)c2)c2nc(C3CC3)n(C)c2c1. The van der Waals surface area contributed by atoms with E-state index in [4.69, 9.17) is 4.98 Å². The quantitative estimate of drug-likeness (QED) is 0.686. The number of aromatic nitrogens is 3. The Morgan fingerprint density at radius 3 is 2.69 bits per heavy atom. The molecular weight excluding hydrogens is 344 g/mol. The zero-order chi connectivity index (χ0) is 18.4. The highest BCUT2D eigenvalue weighted by atomic mass is 32.2. The molecule has 136 valence electrons. The van der Waals surface area contributed by atoms with Gasteiger partial charge in [0.05, 0.1) is 11.0 Å². The molecule has 0 aliphatic heterocycles. The number of nitrogens with one attached hydrogen (secondary N) is 1. The first-order valence-corrected chi connectivity index (χ1v) is 10.0. The van der Waals surface area contributed by atoms with E-state index >= 15 is 0 Å². The molecule has 1 fully saturated rings. The van der Waals surface area contributed by atoms with Crippen LogP contribution < -0.4 is 10.3 Å². The first kappa shape index (κ1) is 17.2. The second-order valence-corrected chi connectivity index (χ2v) is 8.13. The monoisotopic (exact) mass is 368 g/mol. The van der Waals surface area contributed by atoms with Crippen LogP contribution in [-0.4, -0.2) is 19.9 Å². The van der Waals surface area contributed by atoms with Crippen LogP contribution in [-0.2, 0) is 14.1 Å². The van der Waals surface area contributed by atoms with Gasteiger partial charge in [-0.3, -0.25) is 4.79 Å². The van der Waals surface area contributed by atoms with Crippen LogP contribution in [0.3, 0.4) is 0 Å². The molecule has 1 aliphatic rings. The first-order valence-electron chi connectivity index (χ1n) is 9.05. The summed E-state index contributed by atoms with van der Waals surface area (Å²) in [6.07, 6.45) is 4.36. The van der Waals surface area contributed by atoms with E-state index in [1.54, 1.807) is 23.6 Å². The fourth-order valence-corrected chi connectivity index (χ4v) is 3.90. The summed E-state index contributed by atoms with van der Waals surface area (Å²) in [5.74, 6) is 2.75. The molecule has 4 rings (SSSR count). The molecule has 0 unspecified atom stereocenters. The summed E-state index contributed by atoms with van der Waals surface area (Å²) in [6, 6.07) is 6.29. The maximum Gasteiger partial charge on any atom is 0.253 e. The van der Waals surface area contributed by atoms with Crippen molar-refractivity contribution in [2.24, 2.45) is 14.1 Å². The highest BCUT2D eigenvalue weighted by molar-refractivity contribution is 8.00. The maximum absolute atomic E-state index is 12.1. The summed E-state index contributed by atoms with van der Waals surface area (Å²) in [4.78, 5) is 17.1. The molecule has 6 heteroatoms. The molecule has 0 saturated heterocycles. The largest absolute Gasteiger partial charge is 0.331 e. The highest BCUT2D eigenvalue weighted by Gasteiger charge is 2.29. The van der Waals surface area contributed by atoms with Gasteiger partial charge in [-0.1, -0.05) is 18.9 Å². The zero-order valence-electron chi connectivity index (χ0n) is 15.7. The molecule has 1 aromatic carbocycles. The van der Waals surface area contributed by atoms with Crippen LogP contribution in [0.15, 0.2) is 29.2 Å². The lowest BCUT2D eigenvalue weighted by Crippen LogP contribution is -2.18. The summed E-state index contributed by atoms with van der Waals surface area (Å²) in [5, 5.41) is 0. The van der Waals surface area contributed by atoms with Gasteiger partial charge in [0.15, 0.2) is 0 Å². The average Bonchev–Trinajstić information content (AvgIpc) is 3.41. The highest BCUT2D eigenvalue weighted by Crippen LogP contribution is 2.42. The third-order valence-corrected chi connectivity index (χ3v) is 5.64. The number of benzene rings is 1. The molecule has 1 aliphatic carbocycles. The van der Waals surface area contributed by atoms with Crippen LogP contribution in [0.1, 0.15) is 37.1 Å². The molecule has 2 aromatic heterocycles. The van der Waals surface area contributed by atoms with E-state index < -0.39 is 0 Å². The van der Waals surface area contributed by atoms with Gasteiger partial charge in [0, 0.05) is 54.3 Å². The Balaban J connectivity index is 1.96. The number of rotatable bonds is 5. The van der Waals surface area contributed by atoms with Crippen LogP contribution in [0.2, 0.25) is 0 Å². The predicted molar refractivity (Wildman–Crippen MR) is 110 cm³/mol. The van der Waals surface area contributed by atoms with Crippen LogP contribution in [0, 0.1) is 6.92 Å². The molecule has 0 spiro atoms. The van der Waals surface area contributed by atoms with Gasteiger partial charge in [-0.15, -0.1) is 0 Å². The molecule has 2 heterocycles. The minimum atomic E-state index is 0.0421. The Bertz CT molecular complexity index is 1020. The lowest BCUT2D eigenvalue weighted by atomic mass is 10.0. The van der Waals surface area contributed by atoms with Crippen molar-refractivity contribution in [2.75, 3.05) is 10.5 Å². The summed E-state index contributed by atoms with van der Waals surface area (Å²) in [7, 11) is 3.91. The molecule has 0 atom stereocenters. The van der Waals surface area contributed by atoms with Crippen molar-refractivity contribution in [1.82, 2.24) is 14.1 Å². The zero-order valence-corrected chi connectivity index (χ0v) is 16.5. The second kappa shape index (κ2) is 6.50. The molecular formula is C20H24N4OS. The number of fused-ring (bicyclic) bond motifs is 1. The molecule has 1 saturated carbocycles. The summed E-state index contributed by atoms with van der Waals surface area (Å²) in [6.45, 7) is 3.99. The fourth-order valence-electron chi connectivity index (χ4n) is 3.47. The Labute approximate surface area is 157 Å². The third-order valence-electron chi connectivity index (χ3n) is 4.97. The van der Waals surface area contributed by atoms with E-state index in [1.165, 1.54) is 18.7 Å². The topological polar surface area (TPSA) is 51.9 Å². The maximum atomic E-state index is 12.1. The number of nitrogens with zero attached hydrogens (tertiary/aromatic N) is 3. The van der Waals surface area contributed by atoms with E-state index in [-0.39, 0.29) is 5.56 Å². The van der Waals surface area contributed by atoms with E-state index in [1.807, 2.05) is 19.2 Å². The Kier molecular flexibility index (Phi) is 4.31. The van der Waals surface area contributed by atoms with Crippen LogP contribution in [0.25, 0.3) is 22.2 Å². The lowest BCUT2D eigenvalue weighted by molar-refractivity contribution is 0.820. The first-order chi connectivity index (χ1) is 12.5. The second-order valence-electron chi connectivity index (χ2n) is 7.06. The van der Waals surface area contributed by atoms with Gasteiger partial charge in [-0.25, -0.2) is 4.98 Å². The molecule has 5 nitrogen and oxygen atoms in total. The van der Waals surface area contributed by atoms with E-state index in [0.29, 0.717) is 5.92 Å². The standard InChI is InChI=1S/C20H24N4OS/c1-5-26-22-15-9-16(14-8-12(2)20(25)23(3)11-14)18-17(10-15)24(4)19(21-18)13-6-7-13/h8-11,13,22H,5-7H2,1-4H3. The van der Waals surface area contributed by atoms with Gasteiger partial charge in [0.2, 0.25) is 0 Å². The average molecular weight is 369 g/mol. The van der Waals surface area contributed by atoms with Crippen molar-refractivity contribution in [3.05, 3.63) is 46.1 Å².